The summed E-state index contributed by atoms with van der Waals surface area (Å²) in [5.74, 6) is 0.352. The molecular formula is C30H22N2. The number of anilines is 2. The van der Waals surface area contributed by atoms with E-state index in [4.69, 9.17) is 0 Å². The lowest BCUT2D eigenvalue weighted by atomic mass is 9.91. The summed E-state index contributed by atoms with van der Waals surface area (Å²) < 4.78 is 2.46. The Labute approximate surface area is 187 Å². The van der Waals surface area contributed by atoms with E-state index < -0.39 is 0 Å². The van der Waals surface area contributed by atoms with E-state index in [0.29, 0.717) is 5.92 Å². The zero-order chi connectivity index (χ0) is 21.1. The molecule has 0 radical (unpaired) electrons. The van der Waals surface area contributed by atoms with Gasteiger partial charge in [0, 0.05) is 33.6 Å². The molecule has 4 aromatic carbocycles. The molecule has 1 aromatic heterocycles. The highest BCUT2D eigenvalue weighted by Gasteiger charge is 2.37. The molecule has 0 bridgehead atoms. The summed E-state index contributed by atoms with van der Waals surface area (Å²) in [6, 6.07) is 39.3. The third kappa shape index (κ3) is 2.35. The monoisotopic (exact) mass is 410 g/mol. The molecule has 2 heterocycles. The van der Waals surface area contributed by atoms with Gasteiger partial charge in [-0.2, -0.15) is 0 Å². The third-order valence-electron chi connectivity index (χ3n) is 6.87. The highest BCUT2D eigenvalue weighted by atomic mass is 15.2. The van der Waals surface area contributed by atoms with Crippen LogP contribution in [-0.4, -0.2) is 4.57 Å². The van der Waals surface area contributed by atoms with Gasteiger partial charge in [-0.3, -0.25) is 0 Å². The standard InChI is InChI=1S/C30H22N2/c1-3-11-21(12-4-1)31-27-17-9-7-15-23(27)25-19-20-26-24-16-8-10-18-28(24)32(30(26)29(25)31)22-13-5-2-6-14-22/h1-19,26H,20H2. The number of aromatic nitrogens is 1. The van der Waals surface area contributed by atoms with Crippen LogP contribution in [0.25, 0.3) is 28.4 Å². The maximum absolute atomic E-state index is 2.49. The van der Waals surface area contributed by atoms with E-state index in [0.717, 1.165) is 6.42 Å². The fraction of sp³-hybridized carbons (Fsp3) is 0.0667. The second-order valence-corrected chi connectivity index (χ2v) is 8.56. The van der Waals surface area contributed by atoms with Crippen molar-refractivity contribution >= 4 is 34.1 Å². The molecule has 0 saturated carbocycles. The van der Waals surface area contributed by atoms with Crippen LogP contribution >= 0.6 is 0 Å². The first kappa shape index (κ1) is 17.6. The number of hydrogen-bond donors (Lipinski definition) is 0. The molecule has 2 nitrogen and oxygen atoms in total. The molecule has 2 aliphatic rings. The Morgan fingerprint density at radius 2 is 1.28 bits per heavy atom. The Hall–Kier alpha value is -4.04. The van der Waals surface area contributed by atoms with E-state index >= 15 is 0 Å². The van der Waals surface area contributed by atoms with Crippen LogP contribution in [0.15, 0.2) is 109 Å². The molecule has 1 unspecified atom stereocenters. The number of hydrogen-bond acceptors (Lipinski definition) is 1. The molecule has 7 rings (SSSR count). The Bertz CT molecular complexity index is 1590. The van der Waals surface area contributed by atoms with Crippen LogP contribution in [0, 0.1) is 0 Å². The largest absolute Gasteiger partial charge is 0.311 e. The predicted octanol–water partition coefficient (Wildman–Crippen LogP) is 5.86. The summed E-state index contributed by atoms with van der Waals surface area (Å²) >= 11 is 0. The van der Waals surface area contributed by atoms with Crippen molar-refractivity contribution in [3.8, 4) is 5.69 Å². The van der Waals surface area contributed by atoms with Gasteiger partial charge < -0.3 is 9.47 Å². The molecule has 0 spiro atoms. The van der Waals surface area contributed by atoms with Crippen LogP contribution in [0.3, 0.4) is 0 Å². The summed E-state index contributed by atoms with van der Waals surface area (Å²) in [6.45, 7) is 0. The van der Waals surface area contributed by atoms with Crippen molar-refractivity contribution in [1.82, 2.24) is 4.57 Å². The van der Waals surface area contributed by atoms with Crippen molar-refractivity contribution in [2.45, 2.75) is 12.3 Å². The molecule has 2 heteroatoms. The van der Waals surface area contributed by atoms with Crippen LogP contribution in [-0.2, 0) is 0 Å². The summed E-state index contributed by atoms with van der Waals surface area (Å²) in [5, 5.41) is 3.99. The fourth-order valence-corrected chi connectivity index (χ4v) is 5.59. The SMILES string of the molecule is C1=c2c(n(-c3ccccc3)c3ccccc23)=C2C(C1)c1ccccc1N2c1ccccc1. The van der Waals surface area contributed by atoms with Gasteiger partial charge in [0.15, 0.2) is 0 Å². The minimum Gasteiger partial charge on any atom is -0.311 e. The van der Waals surface area contributed by atoms with Gasteiger partial charge in [0.2, 0.25) is 0 Å². The Morgan fingerprint density at radius 1 is 0.625 bits per heavy atom. The Morgan fingerprint density at radius 3 is 2.09 bits per heavy atom. The fourth-order valence-electron chi connectivity index (χ4n) is 5.59. The normalized spacial score (nSPS) is 16.4. The quantitative estimate of drug-likeness (QED) is 0.354. The van der Waals surface area contributed by atoms with Gasteiger partial charge in [-0.1, -0.05) is 78.9 Å². The van der Waals surface area contributed by atoms with Crippen molar-refractivity contribution in [2.75, 3.05) is 4.90 Å². The maximum atomic E-state index is 2.49. The average molecular weight is 411 g/mol. The molecule has 0 saturated heterocycles. The van der Waals surface area contributed by atoms with E-state index in [2.05, 4.69) is 125 Å². The molecule has 1 aliphatic carbocycles. The van der Waals surface area contributed by atoms with Crippen molar-refractivity contribution < 1.29 is 0 Å². The van der Waals surface area contributed by atoms with E-state index in [1.165, 1.54) is 49.8 Å². The van der Waals surface area contributed by atoms with Crippen molar-refractivity contribution in [3.63, 3.8) is 0 Å². The van der Waals surface area contributed by atoms with Crippen LogP contribution in [0.5, 0.6) is 0 Å². The van der Waals surface area contributed by atoms with Crippen molar-refractivity contribution in [3.05, 3.63) is 125 Å². The van der Waals surface area contributed by atoms with Gasteiger partial charge in [-0.05, 0) is 48.4 Å². The molecule has 1 aliphatic heterocycles. The highest BCUT2D eigenvalue weighted by Crippen LogP contribution is 2.50. The number of rotatable bonds is 2. The zero-order valence-electron chi connectivity index (χ0n) is 17.6. The molecule has 0 N–H and O–H groups in total. The number of nitrogens with zero attached hydrogens (tertiary/aromatic N) is 2. The average Bonchev–Trinajstić information content (AvgIpc) is 3.38. The van der Waals surface area contributed by atoms with E-state index in [1.807, 2.05) is 0 Å². The predicted molar refractivity (Wildman–Crippen MR) is 133 cm³/mol. The number of para-hydroxylation sites is 4. The topological polar surface area (TPSA) is 8.17 Å². The minimum atomic E-state index is 0.352. The third-order valence-corrected chi connectivity index (χ3v) is 6.87. The van der Waals surface area contributed by atoms with Gasteiger partial charge in [0.25, 0.3) is 0 Å². The van der Waals surface area contributed by atoms with Gasteiger partial charge in [-0.25, -0.2) is 0 Å². The minimum absolute atomic E-state index is 0.352. The molecule has 32 heavy (non-hydrogen) atoms. The molecular weight excluding hydrogens is 388 g/mol. The molecule has 1 atom stereocenters. The van der Waals surface area contributed by atoms with E-state index in [-0.39, 0.29) is 0 Å². The van der Waals surface area contributed by atoms with Crippen molar-refractivity contribution in [2.24, 2.45) is 0 Å². The van der Waals surface area contributed by atoms with Crippen molar-refractivity contribution in [1.29, 1.82) is 0 Å². The summed E-state index contributed by atoms with van der Waals surface area (Å²) in [4.78, 5) is 2.49. The van der Waals surface area contributed by atoms with Crippen LogP contribution in [0.1, 0.15) is 17.9 Å². The number of fused-ring (bicyclic) bond motifs is 6. The Kier molecular flexibility index (Phi) is 3.71. The molecule has 152 valence electrons. The lowest BCUT2D eigenvalue weighted by Gasteiger charge is -2.25. The summed E-state index contributed by atoms with van der Waals surface area (Å²) in [7, 11) is 0. The lowest BCUT2D eigenvalue weighted by molar-refractivity contribution is 0.888. The first-order chi connectivity index (χ1) is 15.9. The maximum Gasteiger partial charge on any atom is 0.0743 e. The van der Waals surface area contributed by atoms with Crippen LogP contribution in [0.2, 0.25) is 0 Å². The first-order valence-electron chi connectivity index (χ1n) is 11.3. The van der Waals surface area contributed by atoms with Crippen LogP contribution < -0.4 is 15.5 Å². The zero-order valence-corrected chi connectivity index (χ0v) is 17.6. The van der Waals surface area contributed by atoms with Gasteiger partial charge >= 0.3 is 0 Å². The summed E-state index contributed by atoms with van der Waals surface area (Å²) in [6.07, 6.45) is 3.47. The van der Waals surface area contributed by atoms with E-state index in [9.17, 15) is 0 Å². The second kappa shape index (κ2) is 6.73. The summed E-state index contributed by atoms with van der Waals surface area (Å²) in [5.41, 5.74) is 7.78. The van der Waals surface area contributed by atoms with E-state index in [1.54, 1.807) is 0 Å². The Balaban J connectivity index is 1.69. The highest BCUT2D eigenvalue weighted by molar-refractivity contribution is 5.94. The second-order valence-electron chi connectivity index (χ2n) is 8.56. The van der Waals surface area contributed by atoms with Gasteiger partial charge in [-0.15, -0.1) is 0 Å². The van der Waals surface area contributed by atoms with Crippen LogP contribution in [0.4, 0.5) is 11.4 Å². The number of benzene rings is 4. The van der Waals surface area contributed by atoms with Gasteiger partial charge in [0.1, 0.15) is 0 Å². The molecule has 5 aromatic rings. The first-order valence-corrected chi connectivity index (χ1v) is 11.3. The van der Waals surface area contributed by atoms with Gasteiger partial charge in [0.05, 0.1) is 16.6 Å². The smallest absolute Gasteiger partial charge is 0.0743 e. The molecule has 0 fully saturated rings. The molecule has 0 amide bonds. The lowest BCUT2D eigenvalue weighted by Crippen LogP contribution is -2.38.